The second-order valence-electron chi connectivity index (χ2n) is 4.73. The van der Waals surface area contributed by atoms with Crippen molar-refractivity contribution in [3.05, 3.63) is 17.2 Å². The molecule has 0 saturated heterocycles. The summed E-state index contributed by atoms with van der Waals surface area (Å²) in [6.45, 7) is 5.29. The lowest BCUT2D eigenvalue weighted by atomic mass is 10.1. The fraction of sp³-hybridized carbons (Fsp3) is 0.417. The molecule has 0 aliphatic carbocycles. The summed E-state index contributed by atoms with van der Waals surface area (Å²) in [6, 6.07) is 3.72. The van der Waals surface area contributed by atoms with Crippen molar-refractivity contribution in [3.8, 4) is 0 Å². The van der Waals surface area contributed by atoms with Crippen LogP contribution >= 0.6 is 35.1 Å². The van der Waals surface area contributed by atoms with Gasteiger partial charge in [-0.05, 0) is 18.1 Å². The molecule has 1 aromatic carbocycles. The molecule has 0 fully saturated rings. The van der Waals surface area contributed by atoms with Crippen LogP contribution in [0.25, 0.3) is 11.0 Å². The first-order valence-corrected chi connectivity index (χ1v) is 8.03. The van der Waals surface area contributed by atoms with Gasteiger partial charge in [-0.15, -0.1) is 0 Å². The first-order chi connectivity index (χ1) is 9.15. The maximum absolute atomic E-state index is 6.25. The maximum Gasteiger partial charge on any atom is 0.161 e. The molecular weight excluding hydrogens is 300 g/mol. The highest BCUT2D eigenvalue weighted by Crippen LogP contribution is 2.33. The minimum Gasteiger partial charge on any atom is -0.332 e. The van der Waals surface area contributed by atoms with Crippen molar-refractivity contribution in [3.63, 3.8) is 0 Å². The second-order valence-corrected chi connectivity index (χ2v) is 6.89. The number of rotatable bonds is 2. The van der Waals surface area contributed by atoms with Crippen LogP contribution in [0.2, 0.25) is 5.02 Å². The molecule has 2 aromatic rings. The Morgan fingerprint density at radius 3 is 2.95 bits per heavy atom. The molecule has 0 amide bonds. The largest absolute Gasteiger partial charge is 0.332 e. The van der Waals surface area contributed by atoms with E-state index in [1.807, 2.05) is 12.1 Å². The van der Waals surface area contributed by atoms with Gasteiger partial charge in [0.2, 0.25) is 0 Å². The molecule has 1 atom stereocenters. The maximum atomic E-state index is 6.25. The third-order valence-corrected chi connectivity index (χ3v) is 5.34. The molecule has 19 heavy (non-hydrogen) atoms. The van der Waals surface area contributed by atoms with Gasteiger partial charge in [0.1, 0.15) is 11.0 Å². The van der Waals surface area contributed by atoms with Gasteiger partial charge in [-0.3, -0.25) is 4.99 Å². The summed E-state index contributed by atoms with van der Waals surface area (Å²) in [7, 11) is 0. The summed E-state index contributed by atoms with van der Waals surface area (Å²) in [5, 5.41) is 5.41. The molecule has 1 N–H and O–H groups in total. The van der Waals surface area contributed by atoms with Crippen molar-refractivity contribution in [2.24, 2.45) is 10.9 Å². The standard InChI is InChI=1S/C12H13ClN4S2/c1-6(2)9-5-14-12(18-9)15-10-7(13)3-4-8-11(10)17-19-16-8/h3-4,6,9H,5H2,1-2H3,(H,14,15). The van der Waals surface area contributed by atoms with Gasteiger partial charge >= 0.3 is 0 Å². The summed E-state index contributed by atoms with van der Waals surface area (Å²) in [6.07, 6.45) is 0. The SMILES string of the molecule is CC(C)C1CN=C(Nc2c(Cl)ccc3nsnc23)S1. The zero-order valence-electron chi connectivity index (χ0n) is 10.6. The van der Waals surface area contributed by atoms with Crippen LogP contribution < -0.4 is 5.32 Å². The number of thioether (sulfide) groups is 1. The predicted molar refractivity (Wildman–Crippen MR) is 84.6 cm³/mol. The normalized spacial score (nSPS) is 19.2. The summed E-state index contributed by atoms with van der Waals surface area (Å²) in [5.41, 5.74) is 2.48. The molecule has 4 nitrogen and oxygen atoms in total. The van der Waals surface area contributed by atoms with E-state index in [0.29, 0.717) is 16.2 Å². The van der Waals surface area contributed by atoms with Crippen LogP contribution in [0.4, 0.5) is 5.69 Å². The average Bonchev–Trinajstić information content (AvgIpc) is 3.01. The monoisotopic (exact) mass is 312 g/mol. The zero-order valence-corrected chi connectivity index (χ0v) is 12.9. The fourth-order valence-electron chi connectivity index (χ4n) is 1.86. The van der Waals surface area contributed by atoms with E-state index >= 15 is 0 Å². The van der Waals surface area contributed by atoms with E-state index in [1.54, 1.807) is 11.8 Å². The van der Waals surface area contributed by atoms with Gasteiger partial charge < -0.3 is 5.32 Å². The lowest BCUT2D eigenvalue weighted by Gasteiger charge is -2.12. The Morgan fingerprint density at radius 2 is 2.21 bits per heavy atom. The number of amidine groups is 1. The van der Waals surface area contributed by atoms with Gasteiger partial charge in [-0.25, -0.2) is 0 Å². The number of nitrogens with one attached hydrogen (secondary N) is 1. The van der Waals surface area contributed by atoms with E-state index in [9.17, 15) is 0 Å². The summed E-state index contributed by atoms with van der Waals surface area (Å²) in [4.78, 5) is 4.53. The third kappa shape index (κ3) is 2.57. The van der Waals surface area contributed by atoms with E-state index in [4.69, 9.17) is 11.6 Å². The topological polar surface area (TPSA) is 50.2 Å². The molecule has 1 unspecified atom stereocenters. The molecule has 7 heteroatoms. The Hall–Kier alpha value is -0.850. The number of hydrogen-bond donors (Lipinski definition) is 1. The average molecular weight is 313 g/mol. The number of fused-ring (bicyclic) bond motifs is 1. The van der Waals surface area contributed by atoms with Gasteiger partial charge in [-0.2, -0.15) is 8.75 Å². The van der Waals surface area contributed by atoms with Crippen LogP contribution in [0.5, 0.6) is 0 Å². The Bertz CT molecular complexity index is 638. The number of aliphatic imine (C=N–C) groups is 1. The Kier molecular flexibility index (Phi) is 3.64. The number of halogens is 1. The number of hydrogen-bond acceptors (Lipinski definition) is 6. The van der Waals surface area contributed by atoms with Crippen LogP contribution in [0.15, 0.2) is 17.1 Å². The van der Waals surface area contributed by atoms with E-state index in [0.717, 1.165) is 28.4 Å². The smallest absolute Gasteiger partial charge is 0.161 e. The van der Waals surface area contributed by atoms with Crippen molar-refractivity contribution < 1.29 is 0 Å². The Balaban J connectivity index is 1.86. The van der Waals surface area contributed by atoms with E-state index in [-0.39, 0.29) is 0 Å². The molecular formula is C12H13ClN4S2. The van der Waals surface area contributed by atoms with Gasteiger partial charge in [0, 0.05) is 5.25 Å². The van der Waals surface area contributed by atoms with Gasteiger partial charge in [0.15, 0.2) is 5.17 Å². The number of aromatic nitrogens is 2. The van der Waals surface area contributed by atoms with Crippen LogP contribution in [0.1, 0.15) is 13.8 Å². The van der Waals surface area contributed by atoms with Crippen molar-refractivity contribution in [2.75, 3.05) is 11.9 Å². The molecule has 100 valence electrons. The second kappa shape index (κ2) is 5.26. The van der Waals surface area contributed by atoms with Crippen LogP contribution in [0, 0.1) is 5.92 Å². The highest BCUT2D eigenvalue weighted by molar-refractivity contribution is 8.15. The lowest BCUT2D eigenvalue weighted by molar-refractivity contribution is 0.621. The van der Waals surface area contributed by atoms with Gasteiger partial charge in [-0.1, -0.05) is 37.2 Å². The van der Waals surface area contributed by atoms with Crippen molar-refractivity contribution in [1.29, 1.82) is 0 Å². The number of anilines is 1. The van der Waals surface area contributed by atoms with Crippen molar-refractivity contribution in [1.82, 2.24) is 8.75 Å². The minimum atomic E-state index is 0.536. The summed E-state index contributed by atoms with van der Waals surface area (Å²) in [5.74, 6) is 0.611. The molecule has 0 bridgehead atoms. The lowest BCUT2D eigenvalue weighted by Crippen LogP contribution is -2.13. The van der Waals surface area contributed by atoms with E-state index < -0.39 is 0 Å². The third-order valence-electron chi connectivity index (χ3n) is 3.03. The van der Waals surface area contributed by atoms with Crippen molar-refractivity contribution >= 4 is 57.0 Å². The first kappa shape index (κ1) is 13.1. The molecule has 2 heterocycles. The molecule has 1 aromatic heterocycles. The van der Waals surface area contributed by atoms with E-state index in [2.05, 4.69) is 32.9 Å². The number of nitrogens with zero attached hydrogens (tertiary/aromatic N) is 3. The quantitative estimate of drug-likeness (QED) is 0.914. The van der Waals surface area contributed by atoms with Gasteiger partial charge in [0.05, 0.1) is 29.0 Å². The predicted octanol–water partition coefficient (Wildman–Crippen LogP) is 3.88. The Labute approximate surface area is 125 Å². The molecule has 0 radical (unpaired) electrons. The Morgan fingerprint density at radius 1 is 1.37 bits per heavy atom. The van der Waals surface area contributed by atoms with Crippen LogP contribution in [-0.2, 0) is 0 Å². The molecule has 0 saturated carbocycles. The van der Waals surface area contributed by atoms with Crippen LogP contribution in [-0.4, -0.2) is 25.7 Å². The van der Waals surface area contributed by atoms with Crippen molar-refractivity contribution in [2.45, 2.75) is 19.1 Å². The minimum absolute atomic E-state index is 0.536. The summed E-state index contributed by atoms with van der Waals surface area (Å²) < 4.78 is 8.52. The molecule has 0 spiro atoms. The van der Waals surface area contributed by atoms with Gasteiger partial charge in [0.25, 0.3) is 0 Å². The highest BCUT2D eigenvalue weighted by Gasteiger charge is 2.23. The van der Waals surface area contributed by atoms with E-state index in [1.165, 1.54) is 11.7 Å². The molecule has 1 aliphatic rings. The van der Waals surface area contributed by atoms with Crippen LogP contribution in [0.3, 0.4) is 0 Å². The summed E-state index contributed by atoms with van der Waals surface area (Å²) >= 11 is 9.21. The number of benzene rings is 1. The molecule has 1 aliphatic heterocycles. The molecule has 3 rings (SSSR count). The first-order valence-electron chi connectivity index (χ1n) is 6.04. The zero-order chi connectivity index (χ0) is 13.4. The highest BCUT2D eigenvalue weighted by atomic mass is 35.5. The fourth-order valence-corrected chi connectivity index (χ4v) is 3.62.